The molecule has 7 rings (SSSR count). The number of benzene rings is 4. The van der Waals surface area contributed by atoms with Crippen molar-refractivity contribution in [2.45, 2.75) is 124 Å². The van der Waals surface area contributed by atoms with Crippen LogP contribution in [-0.2, 0) is 36.4 Å². The fourth-order valence-electron chi connectivity index (χ4n) is 9.39. The largest absolute Gasteiger partial charge is 0.416 e. The third-order valence-corrected chi connectivity index (χ3v) is 12.5. The first kappa shape index (κ1) is 39.1. The Hall–Kier alpha value is -4.18. The zero-order valence-electron chi connectivity index (χ0n) is 34.4. The second-order valence-electron chi connectivity index (χ2n) is 19.5. The third kappa shape index (κ3) is 7.94. The first-order valence-corrected chi connectivity index (χ1v) is 20.4. The van der Waals surface area contributed by atoms with E-state index in [1.54, 1.807) is 6.07 Å². The van der Waals surface area contributed by atoms with Gasteiger partial charge in [-0.2, -0.15) is 17.7 Å². The van der Waals surface area contributed by atoms with Crippen LogP contribution in [0.15, 0.2) is 103 Å². The minimum absolute atomic E-state index is 0.0674. The van der Waals surface area contributed by atoms with Crippen LogP contribution in [0.1, 0.15) is 121 Å². The summed E-state index contributed by atoms with van der Waals surface area (Å²) >= 11 is 0. The number of hydrogen-bond donors (Lipinski definition) is 0. The Balaban J connectivity index is 1.38. The first-order valence-electron chi connectivity index (χ1n) is 20.4. The Morgan fingerprint density at radius 3 is 1.98 bits per heavy atom. The average Bonchev–Trinajstić information content (AvgIpc) is 3.95. The van der Waals surface area contributed by atoms with Gasteiger partial charge in [-0.15, -0.1) is 0 Å². The number of aryl methyl sites for hydroxylation is 1. The molecule has 55 heavy (non-hydrogen) atoms. The summed E-state index contributed by atoms with van der Waals surface area (Å²) in [6.07, 6.45) is 4.46. The van der Waals surface area contributed by atoms with E-state index in [2.05, 4.69) is 152 Å². The lowest BCUT2D eigenvalue weighted by Crippen LogP contribution is -2.53. The molecule has 4 aromatic carbocycles. The molecule has 2 unspecified atom stereocenters. The molecule has 288 valence electrons. The number of rotatable bonds is 10. The maximum atomic E-state index is 14.5. The highest BCUT2D eigenvalue weighted by Gasteiger charge is 2.48. The van der Waals surface area contributed by atoms with Crippen LogP contribution in [-0.4, -0.2) is 0 Å². The predicted molar refractivity (Wildman–Crippen MR) is 222 cm³/mol. The van der Waals surface area contributed by atoms with Gasteiger partial charge in [-0.05, 0) is 124 Å². The van der Waals surface area contributed by atoms with Gasteiger partial charge in [0.15, 0.2) is 11.7 Å². The fraction of sp³-hybridized carbons (Fsp3) is 0.431. The van der Waals surface area contributed by atoms with Gasteiger partial charge in [-0.25, -0.2) is 0 Å². The first-order chi connectivity index (χ1) is 25.8. The quantitative estimate of drug-likeness (QED) is 0.125. The summed E-state index contributed by atoms with van der Waals surface area (Å²) in [6.45, 7) is 20.4. The van der Waals surface area contributed by atoms with Crippen molar-refractivity contribution < 1.29 is 17.7 Å². The second-order valence-corrected chi connectivity index (χ2v) is 19.5. The lowest BCUT2D eigenvalue weighted by Gasteiger charge is -2.33. The molecule has 0 spiro atoms. The van der Waals surface area contributed by atoms with E-state index in [1.165, 1.54) is 51.2 Å². The number of aromatic nitrogens is 1. The SMILES string of the molecule is CCC(C)(c1ccc(C(F)(F)F)cc1-c1ccc(CC(C)(C)C)cc1CCC1(C)c2ccc(-c3ccccc3)cc2-c2ccc(CC(C)(C)C)c[n+]21)C1CC1. The number of alkyl halides is 3. The lowest BCUT2D eigenvalue weighted by molar-refractivity contribution is -0.736. The fourth-order valence-corrected chi connectivity index (χ4v) is 9.39. The molecule has 1 aliphatic heterocycles. The van der Waals surface area contributed by atoms with Gasteiger partial charge in [0.25, 0.3) is 0 Å². The van der Waals surface area contributed by atoms with Crippen LogP contribution in [0.4, 0.5) is 13.2 Å². The Bertz CT molecular complexity index is 2190. The van der Waals surface area contributed by atoms with Crippen molar-refractivity contribution >= 4 is 0 Å². The highest BCUT2D eigenvalue weighted by Crippen LogP contribution is 2.53. The van der Waals surface area contributed by atoms with E-state index in [0.29, 0.717) is 5.92 Å². The summed E-state index contributed by atoms with van der Waals surface area (Å²) in [5, 5.41) is 0. The van der Waals surface area contributed by atoms with Crippen molar-refractivity contribution in [3.8, 4) is 33.5 Å². The molecule has 0 amide bonds. The minimum atomic E-state index is -4.42. The van der Waals surface area contributed by atoms with Gasteiger partial charge >= 0.3 is 6.18 Å². The maximum Gasteiger partial charge on any atom is 0.416 e. The molecule has 0 saturated heterocycles. The molecule has 2 heterocycles. The predicted octanol–water partition coefficient (Wildman–Crippen LogP) is 14.0. The van der Waals surface area contributed by atoms with Crippen LogP contribution >= 0.6 is 0 Å². The number of nitrogens with zero attached hydrogens (tertiary/aromatic N) is 1. The van der Waals surface area contributed by atoms with Crippen molar-refractivity contribution in [2.75, 3.05) is 0 Å². The monoisotopic (exact) mass is 742 g/mol. The summed E-state index contributed by atoms with van der Waals surface area (Å²) in [7, 11) is 0. The molecule has 2 aliphatic rings. The molecule has 0 bridgehead atoms. The number of hydrogen-bond acceptors (Lipinski definition) is 0. The Kier molecular flexibility index (Phi) is 10.0. The molecule has 5 aromatic rings. The molecule has 4 heteroatoms. The molecule has 1 nitrogen and oxygen atoms in total. The number of pyridine rings is 1. The van der Waals surface area contributed by atoms with Gasteiger partial charge in [-0.1, -0.05) is 122 Å². The van der Waals surface area contributed by atoms with E-state index >= 15 is 0 Å². The summed E-state index contributed by atoms with van der Waals surface area (Å²) < 4.78 is 45.9. The van der Waals surface area contributed by atoms with E-state index in [0.717, 1.165) is 67.2 Å². The molecule has 1 saturated carbocycles. The zero-order chi connectivity index (χ0) is 39.6. The van der Waals surface area contributed by atoms with Crippen molar-refractivity contribution in [3.05, 3.63) is 137 Å². The molecular formula is C51H59F3N+. The number of fused-ring (bicyclic) bond motifs is 3. The summed E-state index contributed by atoms with van der Waals surface area (Å²) in [5.41, 5.74) is 11.6. The highest BCUT2D eigenvalue weighted by molar-refractivity contribution is 5.76. The van der Waals surface area contributed by atoms with Gasteiger partial charge in [-0.3, -0.25) is 0 Å². The average molecular weight is 743 g/mol. The second kappa shape index (κ2) is 14.1. The molecule has 1 aliphatic carbocycles. The third-order valence-electron chi connectivity index (χ3n) is 12.5. The van der Waals surface area contributed by atoms with Gasteiger partial charge < -0.3 is 0 Å². The van der Waals surface area contributed by atoms with Crippen molar-refractivity contribution in [1.82, 2.24) is 0 Å². The van der Waals surface area contributed by atoms with E-state index in [1.807, 2.05) is 0 Å². The summed E-state index contributed by atoms with van der Waals surface area (Å²) in [4.78, 5) is 0. The smallest absolute Gasteiger partial charge is 0.189 e. The minimum Gasteiger partial charge on any atom is -0.189 e. The topological polar surface area (TPSA) is 3.88 Å². The molecule has 1 fully saturated rings. The van der Waals surface area contributed by atoms with E-state index in [9.17, 15) is 13.2 Å². The van der Waals surface area contributed by atoms with Crippen LogP contribution in [0.5, 0.6) is 0 Å². The van der Waals surface area contributed by atoms with Gasteiger partial charge in [0, 0.05) is 30.5 Å². The van der Waals surface area contributed by atoms with E-state index < -0.39 is 11.7 Å². The van der Waals surface area contributed by atoms with Crippen LogP contribution < -0.4 is 4.57 Å². The zero-order valence-corrected chi connectivity index (χ0v) is 34.4. The van der Waals surface area contributed by atoms with Gasteiger partial charge in [0.2, 0.25) is 5.69 Å². The number of halogens is 3. The van der Waals surface area contributed by atoms with E-state index in [-0.39, 0.29) is 21.8 Å². The molecule has 1 aromatic heterocycles. The standard InChI is InChI=1S/C51H59F3N/c1-10-49(8,39-19-20-39)44-24-21-40(51(52,53)54)30-42(44)41-22-16-34(31-47(2,3)4)28-38(41)26-27-50(9)45-23-18-37(36-14-12-11-13-15-36)29-43(45)46-25-17-35(33-55(46)50)32-48(5,6)7/h11-18,21-25,28-30,33,39H,10,19-20,26-27,31-32H2,1-9H3/q+1. The molecule has 2 atom stereocenters. The van der Waals surface area contributed by atoms with Crippen LogP contribution in [0.2, 0.25) is 0 Å². The highest BCUT2D eigenvalue weighted by atomic mass is 19.4. The van der Waals surface area contributed by atoms with Crippen molar-refractivity contribution in [1.29, 1.82) is 0 Å². The normalized spacial score (nSPS) is 18.2. The van der Waals surface area contributed by atoms with Gasteiger partial charge in [0.05, 0.1) is 11.1 Å². The molecular weight excluding hydrogens is 684 g/mol. The lowest BCUT2D eigenvalue weighted by atomic mass is 9.71. The van der Waals surface area contributed by atoms with Crippen LogP contribution in [0.25, 0.3) is 33.5 Å². The Morgan fingerprint density at radius 1 is 0.673 bits per heavy atom. The van der Waals surface area contributed by atoms with Crippen LogP contribution in [0, 0.1) is 16.7 Å². The van der Waals surface area contributed by atoms with Crippen LogP contribution in [0.3, 0.4) is 0 Å². The van der Waals surface area contributed by atoms with E-state index in [4.69, 9.17) is 0 Å². The van der Waals surface area contributed by atoms with Gasteiger partial charge in [0.1, 0.15) is 0 Å². The molecule has 0 radical (unpaired) electrons. The Labute approximate surface area is 328 Å². The maximum absolute atomic E-state index is 14.5. The van der Waals surface area contributed by atoms with Crippen molar-refractivity contribution in [3.63, 3.8) is 0 Å². The summed E-state index contributed by atoms with van der Waals surface area (Å²) in [6, 6.07) is 33.2. The Morgan fingerprint density at radius 2 is 1.35 bits per heavy atom. The summed E-state index contributed by atoms with van der Waals surface area (Å²) in [5.74, 6) is 0.487. The molecule has 0 N–H and O–H groups in total. The van der Waals surface area contributed by atoms with Crippen molar-refractivity contribution in [2.24, 2.45) is 16.7 Å².